The van der Waals surface area contributed by atoms with Crippen LogP contribution >= 0.6 is 0 Å². The van der Waals surface area contributed by atoms with Gasteiger partial charge in [-0.3, -0.25) is 0 Å². The summed E-state index contributed by atoms with van der Waals surface area (Å²) in [6.07, 6.45) is 0. The topological polar surface area (TPSA) is 23.0 Å². The lowest BCUT2D eigenvalue weighted by molar-refractivity contribution is 0.669. The second-order valence-electron chi connectivity index (χ2n) is 20.3. The van der Waals surface area contributed by atoms with Crippen LogP contribution in [0.4, 0.5) is 0 Å². The normalized spacial score (nSPS) is 12.3. The van der Waals surface area contributed by atoms with Crippen LogP contribution in [0.15, 0.2) is 259 Å². The van der Waals surface area contributed by atoms with E-state index in [4.69, 9.17) is 4.42 Å². The summed E-state index contributed by atoms with van der Waals surface area (Å²) in [5, 5.41) is 22.0. The van der Waals surface area contributed by atoms with E-state index in [1.54, 1.807) is 0 Å². The highest BCUT2D eigenvalue weighted by molar-refractivity contribution is 6.34. The largest absolute Gasteiger partial charge is 0.456 e. The Hall–Kier alpha value is -9.96. The highest BCUT2D eigenvalue weighted by atomic mass is 16.3. The summed E-state index contributed by atoms with van der Waals surface area (Å²) in [5.74, 6) is 0. The number of para-hydroxylation sites is 3. The third-order valence-corrected chi connectivity index (χ3v) is 16.4. The summed E-state index contributed by atoms with van der Waals surface area (Å²) in [5.41, 5.74) is 13.6. The van der Waals surface area contributed by atoms with Crippen LogP contribution < -0.4 is 0 Å². The minimum Gasteiger partial charge on any atom is -0.456 e. The van der Waals surface area contributed by atoms with Gasteiger partial charge in [-0.15, -0.1) is 0 Å². The molecule has 0 fully saturated rings. The third kappa shape index (κ3) is 5.70. The average molecular weight is 951 g/mol. The van der Waals surface area contributed by atoms with Crippen LogP contribution in [0, 0.1) is 0 Å². The van der Waals surface area contributed by atoms with Gasteiger partial charge in [-0.2, -0.15) is 0 Å². The molecule has 17 rings (SSSR count). The lowest BCUT2D eigenvalue weighted by Gasteiger charge is -2.18. The van der Waals surface area contributed by atoms with E-state index in [2.05, 4.69) is 264 Å². The maximum Gasteiger partial charge on any atom is 0.136 e. The highest BCUT2D eigenvalue weighted by Crippen LogP contribution is 2.48. The van der Waals surface area contributed by atoms with Gasteiger partial charge in [0.05, 0.1) is 22.1 Å². The smallest absolute Gasteiger partial charge is 0.136 e. The van der Waals surface area contributed by atoms with Crippen molar-refractivity contribution in [2.45, 2.75) is 0 Å². The first kappa shape index (κ1) is 40.6. The predicted molar refractivity (Wildman–Crippen MR) is 318 cm³/mol. The van der Waals surface area contributed by atoms with Crippen molar-refractivity contribution in [1.29, 1.82) is 0 Å². The molecule has 0 atom stereocenters. The maximum absolute atomic E-state index is 6.97. The molecule has 0 aliphatic carbocycles. The van der Waals surface area contributed by atoms with E-state index in [0.29, 0.717) is 0 Å². The molecule has 3 nitrogen and oxygen atoms in total. The molecule has 3 heteroatoms. The summed E-state index contributed by atoms with van der Waals surface area (Å²) < 4.78 is 11.8. The van der Waals surface area contributed by atoms with E-state index >= 15 is 0 Å². The Morgan fingerprint density at radius 2 is 0.693 bits per heavy atom. The molecule has 346 valence electrons. The molecule has 3 heterocycles. The van der Waals surface area contributed by atoms with Gasteiger partial charge in [-0.1, -0.05) is 176 Å². The molecule has 0 N–H and O–H groups in total. The quantitative estimate of drug-likeness (QED) is 0.127. The SMILES string of the molecule is c1ccc(-n2c3ccccc3c3cc4c(cc32)c2cc(-c3c5ccccc5c(-c5ccc6c(c5)oc5cc7c8ccccc8c8ccc9ccccc9c8c7cc56)c5ccccc35)ccc2n4-c2ccccc2)cc1. The van der Waals surface area contributed by atoms with Crippen molar-refractivity contribution in [3.8, 4) is 33.6 Å². The van der Waals surface area contributed by atoms with Crippen molar-refractivity contribution in [2.75, 3.05) is 0 Å². The van der Waals surface area contributed by atoms with E-state index in [-0.39, 0.29) is 0 Å². The number of furan rings is 1. The highest BCUT2D eigenvalue weighted by Gasteiger charge is 2.23. The average Bonchev–Trinajstić information content (AvgIpc) is 4.18. The van der Waals surface area contributed by atoms with Gasteiger partial charge < -0.3 is 13.6 Å². The first-order valence-corrected chi connectivity index (χ1v) is 25.9. The summed E-state index contributed by atoms with van der Waals surface area (Å²) in [6, 6.07) is 94.0. The number of fused-ring (bicyclic) bond motifs is 19. The van der Waals surface area contributed by atoms with E-state index in [0.717, 1.165) is 38.9 Å². The molecular formula is C72H42N2O. The van der Waals surface area contributed by atoms with Gasteiger partial charge in [-0.05, 0) is 166 Å². The molecule has 14 aromatic carbocycles. The Kier molecular flexibility index (Phi) is 8.28. The Balaban J connectivity index is 0.894. The van der Waals surface area contributed by atoms with Crippen LogP contribution in [-0.2, 0) is 0 Å². The number of aromatic nitrogens is 2. The molecule has 0 unspecified atom stereocenters. The van der Waals surface area contributed by atoms with Crippen LogP contribution in [-0.4, -0.2) is 9.13 Å². The fourth-order valence-electron chi connectivity index (χ4n) is 13.2. The van der Waals surface area contributed by atoms with Crippen LogP contribution in [0.5, 0.6) is 0 Å². The second-order valence-corrected chi connectivity index (χ2v) is 20.3. The summed E-state index contributed by atoms with van der Waals surface area (Å²) in [7, 11) is 0. The first-order chi connectivity index (χ1) is 37.2. The Morgan fingerprint density at radius 3 is 1.35 bits per heavy atom. The zero-order valence-corrected chi connectivity index (χ0v) is 40.6. The third-order valence-electron chi connectivity index (χ3n) is 16.4. The number of hydrogen-bond acceptors (Lipinski definition) is 1. The predicted octanol–water partition coefficient (Wildman–Crippen LogP) is 20.0. The van der Waals surface area contributed by atoms with E-state index in [9.17, 15) is 0 Å². The molecule has 0 radical (unpaired) electrons. The number of nitrogens with zero attached hydrogens (tertiary/aromatic N) is 2. The molecule has 75 heavy (non-hydrogen) atoms. The molecule has 0 spiro atoms. The first-order valence-electron chi connectivity index (χ1n) is 25.9. The number of benzene rings is 14. The van der Waals surface area contributed by atoms with Crippen molar-refractivity contribution in [3.63, 3.8) is 0 Å². The van der Waals surface area contributed by atoms with Crippen molar-refractivity contribution in [3.05, 3.63) is 255 Å². The standard InChI is InChI=1S/C72H42N2O/c1-3-18-46(19-4-1)73-64-30-16-15-25-51(64)60-40-67-61(41-66(60)73)59-37-44(33-36-65(59)74(67)47-20-5-2-6-21-47)70-53-26-11-13-28-55(53)71(56-29-14-12-27-54(56)70)45-32-34-52-62-39-63-58(42-69(62)75-68(52)38-45)50-24-10-9-23-49(50)57-35-31-43-17-7-8-22-48(43)72(57)63/h1-42H. The zero-order valence-electron chi connectivity index (χ0n) is 40.6. The van der Waals surface area contributed by atoms with Crippen molar-refractivity contribution < 1.29 is 4.42 Å². The lowest BCUT2D eigenvalue weighted by atomic mass is 9.85. The maximum atomic E-state index is 6.97. The molecule has 0 aliphatic heterocycles. The van der Waals surface area contributed by atoms with Crippen LogP contribution in [0.2, 0.25) is 0 Å². The molecular weight excluding hydrogens is 909 g/mol. The zero-order chi connectivity index (χ0) is 48.9. The Bertz CT molecular complexity index is 5230. The molecule has 17 aromatic rings. The van der Waals surface area contributed by atoms with Crippen molar-refractivity contribution in [1.82, 2.24) is 9.13 Å². The van der Waals surface area contributed by atoms with Crippen molar-refractivity contribution >= 4 is 130 Å². The van der Waals surface area contributed by atoms with E-state index in [1.165, 1.54) is 125 Å². The number of rotatable bonds is 4. The fraction of sp³-hybridized carbons (Fsp3) is 0. The van der Waals surface area contributed by atoms with Crippen LogP contribution in [0.25, 0.3) is 164 Å². The van der Waals surface area contributed by atoms with Gasteiger partial charge in [0.2, 0.25) is 0 Å². The Morgan fingerprint density at radius 1 is 0.227 bits per heavy atom. The van der Waals surface area contributed by atoms with Gasteiger partial charge in [-0.25, -0.2) is 0 Å². The minimum atomic E-state index is 0.884. The molecule has 3 aromatic heterocycles. The minimum absolute atomic E-state index is 0.884. The summed E-state index contributed by atoms with van der Waals surface area (Å²) in [4.78, 5) is 0. The summed E-state index contributed by atoms with van der Waals surface area (Å²) in [6.45, 7) is 0. The van der Waals surface area contributed by atoms with Gasteiger partial charge in [0.1, 0.15) is 11.2 Å². The monoisotopic (exact) mass is 950 g/mol. The second kappa shape index (κ2) is 15.3. The molecule has 0 bridgehead atoms. The molecule has 0 amide bonds. The van der Waals surface area contributed by atoms with Gasteiger partial charge in [0.25, 0.3) is 0 Å². The van der Waals surface area contributed by atoms with Gasteiger partial charge >= 0.3 is 0 Å². The number of hydrogen-bond donors (Lipinski definition) is 0. The van der Waals surface area contributed by atoms with Crippen LogP contribution in [0.3, 0.4) is 0 Å². The van der Waals surface area contributed by atoms with Gasteiger partial charge in [0, 0.05) is 43.7 Å². The molecule has 0 saturated heterocycles. The molecule has 0 saturated carbocycles. The Labute approximate surface area is 429 Å². The lowest BCUT2D eigenvalue weighted by Crippen LogP contribution is -1.94. The van der Waals surface area contributed by atoms with E-state index < -0.39 is 0 Å². The summed E-state index contributed by atoms with van der Waals surface area (Å²) >= 11 is 0. The fourth-order valence-corrected chi connectivity index (χ4v) is 13.2. The van der Waals surface area contributed by atoms with Crippen LogP contribution in [0.1, 0.15) is 0 Å². The van der Waals surface area contributed by atoms with Crippen molar-refractivity contribution in [2.24, 2.45) is 0 Å². The molecule has 0 aliphatic rings. The van der Waals surface area contributed by atoms with E-state index in [1.807, 2.05) is 0 Å². The van der Waals surface area contributed by atoms with Gasteiger partial charge in [0.15, 0.2) is 0 Å².